The summed E-state index contributed by atoms with van der Waals surface area (Å²) in [6.45, 7) is 3.98. The third-order valence-corrected chi connectivity index (χ3v) is 3.93. The molecule has 0 atom stereocenters. The van der Waals surface area contributed by atoms with E-state index < -0.39 is 0 Å². The monoisotopic (exact) mass is 305 g/mol. The first-order valence-corrected chi connectivity index (χ1v) is 7.46. The number of benzene rings is 1. The quantitative estimate of drug-likeness (QED) is 0.618. The summed E-state index contributed by atoms with van der Waals surface area (Å²) in [5.74, 6) is 0.483. The van der Waals surface area contributed by atoms with Crippen LogP contribution in [-0.2, 0) is 0 Å². The molecule has 0 spiro atoms. The molecule has 6 nitrogen and oxygen atoms in total. The molecule has 4 aromatic rings. The lowest BCUT2D eigenvalue weighted by atomic mass is 9.98. The van der Waals surface area contributed by atoms with E-state index in [1.54, 1.807) is 6.20 Å². The highest BCUT2D eigenvalue weighted by Crippen LogP contribution is 2.26. The molecular weight excluding hydrogens is 290 g/mol. The van der Waals surface area contributed by atoms with E-state index in [-0.39, 0.29) is 11.5 Å². The summed E-state index contributed by atoms with van der Waals surface area (Å²) in [6, 6.07) is 9.94. The maximum absolute atomic E-state index is 12.7. The summed E-state index contributed by atoms with van der Waals surface area (Å²) in [5.41, 5.74) is 3.08. The van der Waals surface area contributed by atoms with Gasteiger partial charge in [0.25, 0.3) is 5.56 Å². The number of hydrogen-bond donors (Lipinski definition) is 1. The molecule has 0 saturated heterocycles. The van der Waals surface area contributed by atoms with E-state index in [2.05, 4.69) is 20.1 Å². The third kappa shape index (κ3) is 2.11. The molecule has 0 amide bonds. The van der Waals surface area contributed by atoms with Gasteiger partial charge in [0.1, 0.15) is 6.33 Å². The molecule has 1 aromatic carbocycles. The highest BCUT2D eigenvalue weighted by Gasteiger charge is 2.18. The molecule has 4 rings (SSSR count). The van der Waals surface area contributed by atoms with Crippen LogP contribution in [0.5, 0.6) is 0 Å². The van der Waals surface area contributed by atoms with Crippen molar-refractivity contribution in [3.05, 3.63) is 58.8 Å². The largest absolute Gasteiger partial charge is 0.323 e. The van der Waals surface area contributed by atoms with Crippen LogP contribution in [0, 0.1) is 0 Å². The first kappa shape index (κ1) is 13.6. The van der Waals surface area contributed by atoms with Crippen LogP contribution in [0.3, 0.4) is 0 Å². The average Bonchev–Trinajstić information content (AvgIpc) is 3.03. The summed E-state index contributed by atoms with van der Waals surface area (Å²) in [4.78, 5) is 24.5. The molecule has 0 bridgehead atoms. The topological polar surface area (TPSA) is 75.9 Å². The van der Waals surface area contributed by atoms with E-state index in [4.69, 9.17) is 0 Å². The van der Waals surface area contributed by atoms with Crippen LogP contribution >= 0.6 is 0 Å². The first-order valence-electron chi connectivity index (χ1n) is 7.46. The molecule has 0 saturated carbocycles. The lowest BCUT2D eigenvalue weighted by Crippen LogP contribution is -2.22. The first-order chi connectivity index (χ1) is 11.1. The van der Waals surface area contributed by atoms with Crippen molar-refractivity contribution in [1.29, 1.82) is 0 Å². The second-order valence-electron chi connectivity index (χ2n) is 5.79. The molecule has 0 fully saturated rings. The van der Waals surface area contributed by atoms with Gasteiger partial charge in [-0.15, -0.1) is 0 Å². The molecule has 3 heterocycles. The van der Waals surface area contributed by atoms with Gasteiger partial charge in [0, 0.05) is 22.7 Å². The van der Waals surface area contributed by atoms with Gasteiger partial charge in [-0.25, -0.2) is 0 Å². The Morgan fingerprint density at radius 2 is 2.00 bits per heavy atom. The number of nitrogens with zero attached hydrogens (tertiary/aromatic N) is 4. The zero-order valence-corrected chi connectivity index (χ0v) is 12.8. The van der Waals surface area contributed by atoms with Gasteiger partial charge in [-0.05, 0) is 18.1 Å². The van der Waals surface area contributed by atoms with Crippen molar-refractivity contribution < 1.29 is 0 Å². The van der Waals surface area contributed by atoms with Crippen molar-refractivity contribution in [1.82, 2.24) is 24.6 Å². The third-order valence-electron chi connectivity index (χ3n) is 3.93. The number of para-hydroxylation sites is 1. The van der Waals surface area contributed by atoms with Crippen LogP contribution in [0.15, 0.2) is 47.7 Å². The van der Waals surface area contributed by atoms with Gasteiger partial charge in [0.15, 0.2) is 0 Å². The average molecular weight is 305 g/mol. The molecule has 1 N–H and O–H groups in total. The fourth-order valence-electron chi connectivity index (χ4n) is 2.85. The molecule has 0 aliphatic heterocycles. The Labute approximate surface area is 131 Å². The van der Waals surface area contributed by atoms with E-state index in [0.717, 1.165) is 22.2 Å². The van der Waals surface area contributed by atoms with Crippen molar-refractivity contribution in [3.63, 3.8) is 0 Å². The predicted octanol–water partition coefficient (Wildman–Crippen LogP) is 2.76. The molecule has 23 heavy (non-hydrogen) atoms. The number of hydrogen-bond acceptors (Lipinski definition) is 4. The second-order valence-corrected chi connectivity index (χ2v) is 5.79. The van der Waals surface area contributed by atoms with E-state index >= 15 is 0 Å². The number of pyridine rings is 1. The summed E-state index contributed by atoms with van der Waals surface area (Å²) >= 11 is 0. The Bertz CT molecular complexity index is 1080. The lowest BCUT2D eigenvalue weighted by molar-refractivity contribution is 0.797. The van der Waals surface area contributed by atoms with E-state index in [9.17, 15) is 4.79 Å². The van der Waals surface area contributed by atoms with Gasteiger partial charge in [-0.2, -0.15) is 14.6 Å². The number of nitrogens with one attached hydrogen (secondary N) is 1. The number of aromatic nitrogens is 5. The second kappa shape index (κ2) is 5.01. The van der Waals surface area contributed by atoms with Crippen LogP contribution in [0.1, 0.15) is 25.3 Å². The minimum atomic E-state index is -0.144. The zero-order valence-electron chi connectivity index (χ0n) is 12.8. The summed E-state index contributed by atoms with van der Waals surface area (Å²) in [5, 5.41) is 5.02. The van der Waals surface area contributed by atoms with Crippen molar-refractivity contribution >= 4 is 16.7 Å². The Kier molecular flexibility index (Phi) is 2.97. The number of H-pyrrole nitrogens is 1. The normalized spacial score (nSPS) is 11.6. The molecule has 3 aromatic heterocycles. The standard InChI is InChI=1S/C17H15N5O/c1-10(2)14-15(21-17-19-9-20-22(17)16(14)23)12-7-11-5-3-4-6-13(11)18-8-12/h3-10H,1-2H3,(H,19,20,21). The van der Waals surface area contributed by atoms with Gasteiger partial charge in [0.2, 0.25) is 5.78 Å². The summed E-state index contributed by atoms with van der Waals surface area (Å²) in [6.07, 6.45) is 3.16. The van der Waals surface area contributed by atoms with Gasteiger partial charge in [-0.3, -0.25) is 9.78 Å². The number of rotatable bonds is 2. The van der Waals surface area contributed by atoms with Crippen LogP contribution < -0.4 is 5.56 Å². The van der Waals surface area contributed by atoms with Crippen molar-refractivity contribution in [2.45, 2.75) is 19.8 Å². The molecule has 0 aliphatic carbocycles. The molecule has 114 valence electrons. The Hall–Kier alpha value is -3.02. The molecular formula is C17H15N5O. The Balaban J connectivity index is 2.06. The van der Waals surface area contributed by atoms with Crippen LogP contribution in [0.2, 0.25) is 0 Å². The van der Waals surface area contributed by atoms with Crippen LogP contribution in [0.25, 0.3) is 27.9 Å². The van der Waals surface area contributed by atoms with Gasteiger partial charge >= 0.3 is 0 Å². The zero-order chi connectivity index (χ0) is 16.0. The molecule has 0 radical (unpaired) electrons. The van der Waals surface area contributed by atoms with E-state index in [1.807, 2.05) is 44.2 Å². The highest BCUT2D eigenvalue weighted by atomic mass is 16.1. The van der Waals surface area contributed by atoms with Crippen LogP contribution in [0.4, 0.5) is 0 Å². The molecule has 6 heteroatoms. The van der Waals surface area contributed by atoms with Crippen molar-refractivity contribution in [3.8, 4) is 11.3 Å². The maximum Gasteiger partial charge on any atom is 0.279 e. The van der Waals surface area contributed by atoms with E-state index in [0.29, 0.717) is 11.3 Å². The summed E-state index contributed by atoms with van der Waals surface area (Å²) < 4.78 is 1.30. The van der Waals surface area contributed by atoms with Gasteiger partial charge in [-0.1, -0.05) is 32.0 Å². The van der Waals surface area contributed by atoms with Crippen molar-refractivity contribution in [2.75, 3.05) is 0 Å². The Morgan fingerprint density at radius 3 is 2.83 bits per heavy atom. The van der Waals surface area contributed by atoms with E-state index in [1.165, 1.54) is 10.8 Å². The summed E-state index contributed by atoms with van der Waals surface area (Å²) in [7, 11) is 0. The molecule has 0 aliphatic rings. The fourth-order valence-corrected chi connectivity index (χ4v) is 2.85. The fraction of sp³-hybridized carbons (Fsp3) is 0.176. The number of aromatic amines is 1. The Morgan fingerprint density at radius 1 is 1.17 bits per heavy atom. The minimum absolute atomic E-state index is 0.0498. The lowest BCUT2D eigenvalue weighted by Gasteiger charge is -2.12. The number of fused-ring (bicyclic) bond motifs is 2. The smallest absolute Gasteiger partial charge is 0.279 e. The van der Waals surface area contributed by atoms with Gasteiger partial charge in [0.05, 0.1) is 11.2 Å². The van der Waals surface area contributed by atoms with Crippen LogP contribution in [-0.4, -0.2) is 24.6 Å². The maximum atomic E-state index is 12.7. The minimum Gasteiger partial charge on any atom is -0.323 e. The molecule has 0 unspecified atom stereocenters. The predicted molar refractivity (Wildman–Crippen MR) is 88.4 cm³/mol. The van der Waals surface area contributed by atoms with Gasteiger partial charge < -0.3 is 4.98 Å². The highest BCUT2D eigenvalue weighted by molar-refractivity contribution is 5.83. The van der Waals surface area contributed by atoms with Crippen molar-refractivity contribution in [2.24, 2.45) is 0 Å². The SMILES string of the molecule is CC(C)c1c(-c2cnc3ccccc3c2)[nH]c2ncnn2c1=O.